The zero-order chi connectivity index (χ0) is 13.3. The van der Waals surface area contributed by atoms with Gasteiger partial charge in [-0.2, -0.15) is 11.8 Å². The Morgan fingerprint density at radius 2 is 2.06 bits per heavy atom. The Morgan fingerprint density at radius 3 is 2.61 bits per heavy atom. The van der Waals surface area contributed by atoms with E-state index >= 15 is 0 Å². The number of nitro benzene ring substituents is 1. The van der Waals surface area contributed by atoms with Gasteiger partial charge < -0.3 is 5.32 Å². The fourth-order valence-corrected chi connectivity index (χ4v) is 3.39. The zero-order valence-electron chi connectivity index (χ0n) is 10.9. The van der Waals surface area contributed by atoms with Crippen molar-refractivity contribution in [2.24, 2.45) is 0 Å². The first kappa shape index (κ1) is 13.2. The van der Waals surface area contributed by atoms with Crippen molar-refractivity contribution in [1.29, 1.82) is 0 Å². The van der Waals surface area contributed by atoms with Crippen LogP contribution in [0.3, 0.4) is 0 Å². The Balaban J connectivity index is 2.30. The Kier molecular flexibility index (Phi) is 3.80. The third kappa shape index (κ3) is 2.61. The largest absolute Gasteiger partial charge is 0.376 e. The maximum Gasteiger partial charge on any atom is 0.292 e. The monoisotopic (exact) mass is 266 g/mol. The highest BCUT2D eigenvalue weighted by Crippen LogP contribution is 2.33. The predicted molar refractivity (Wildman–Crippen MR) is 76.5 cm³/mol. The molecule has 0 amide bonds. The molecule has 1 aliphatic heterocycles. The summed E-state index contributed by atoms with van der Waals surface area (Å²) in [5.74, 6) is 1.12. The van der Waals surface area contributed by atoms with E-state index in [1.54, 1.807) is 6.07 Å². The fraction of sp³-hybridized carbons (Fsp3) is 0.538. The Hall–Kier alpha value is -1.23. The van der Waals surface area contributed by atoms with E-state index in [9.17, 15) is 10.1 Å². The Labute approximate surface area is 111 Å². The molecule has 1 N–H and O–H groups in total. The van der Waals surface area contributed by atoms with Crippen LogP contribution in [-0.4, -0.2) is 22.0 Å². The van der Waals surface area contributed by atoms with E-state index in [4.69, 9.17) is 0 Å². The second-order valence-electron chi connectivity index (χ2n) is 4.83. The quantitative estimate of drug-likeness (QED) is 0.672. The summed E-state index contributed by atoms with van der Waals surface area (Å²) in [5.41, 5.74) is 2.88. The highest BCUT2D eigenvalue weighted by molar-refractivity contribution is 8.00. The molecule has 0 radical (unpaired) electrons. The number of nitrogens with zero attached hydrogens (tertiary/aromatic N) is 1. The van der Waals surface area contributed by atoms with E-state index in [0.29, 0.717) is 17.0 Å². The van der Waals surface area contributed by atoms with Crippen LogP contribution in [0.2, 0.25) is 0 Å². The van der Waals surface area contributed by atoms with Crippen molar-refractivity contribution in [3.05, 3.63) is 33.4 Å². The highest BCUT2D eigenvalue weighted by Gasteiger charge is 2.26. The second-order valence-corrected chi connectivity index (χ2v) is 6.31. The lowest BCUT2D eigenvalue weighted by Crippen LogP contribution is -2.25. The maximum absolute atomic E-state index is 11.1. The number of hydrogen-bond acceptors (Lipinski definition) is 4. The minimum atomic E-state index is -0.304. The third-order valence-corrected chi connectivity index (χ3v) is 4.85. The summed E-state index contributed by atoms with van der Waals surface area (Å²) in [6, 6.07) is 3.88. The smallest absolute Gasteiger partial charge is 0.292 e. The van der Waals surface area contributed by atoms with E-state index in [1.807, 2.05) is 31.7 Å². The minimum Gasteiger partial charge on any atom is -0.376 e. The zero-order valence-corrected chi connectivity index (χ0v) is 11.7. The van der Waals surface area contributed by atoms with E-state index in [0.717, 1.165) is 23.3 Å². The second kappa shape index (κ2) is 5.18. The van der Waals surface area contributed by atoms with Crippen LogP contribution in [0.5, 0.6) is 0 Å². The van der Waals surface area contributed by atoms with E-state index in [1.165, 1.54) is 0 Å². The molecule has 1 fully saturated rings. The van der Waals surface area contributed by atoms with Crippen LogP contribution in [0.15, 0.2) is 12.1 Å². The number of nitro groups is 1. The van der Waals surface area contributed by atoms with Gasteiger partial charge >= 0.3 is 0 Å². The van der Waals surface area contributed by atoms with Crippen LogP contribution >= 0.6 is 11.8 Å². The van der Waals surface area contributed by atoms with E-state index in [-0.39, 0.29) is 10.6 Å². The molecular formula is C13H18N2O2S. The van der Waals surface area contributed by atoms with Crippen molar-refractivity contribution in [3.63, 3.8) is 0 Å². The summed E-state index contributed by atoms with van der Waals surface area (Å²) in [7, 11) is 0. The van der Waals surface area contributed by atoms with Crippen LogP contribution in [0, 0.1) is 24.0 Å². The summed E-state index contributed by atoms with van der Waals surface area (Å²) in [6.07, 6.45) is 1.07. The minimum absolute atomic E-state index is 0.183. The van der Waals surface area contributed by atoms with Crippen molar-refractivity contribution in [2.75, 3.05) is 11.1 Å². The number of benzene rings is 1. The standard InChI is InChI=1S/C13H18N2O2S/c1-8-6-12(13(15(16)17)7-9(8)2)14-11-4-5-18-10(11)3/h6-7,10-11,14H,4-5H2,1-3H3. The van der Waals surface area contributed by atoms with Gasteiger partial charge in [0, 0.05) is 17.4 Å². The number of anilines is 1. The van der Waals surface area contributed by atoms with E-state index in [2.05, 4.69) is 12.2 Å². The average Bonchev–Trinajstić information content (AvgIpc) is 2.69. The van der Waals surface area contributed by atoms with Crippen LogP contribution in [-0.2, 0) is 0 Å². The molecule has 5 heteroatoms. The summed E-state index contributed by atoms with van der Waals surface area (Å²) in [4.78, 5) is 10.8. The van der Waals surface area contributed by atoms with Crippen molar-refractivity contribution < 1.29 is 4.92 Å². The topological polar surface area (TPSA) is 55.2 Å². The normalized spacial score (nSPS) is 23.1. The molecule has 0 saturated carbocycles. The molecule has 98 valence electrons. The molecular weight excluding hydrogens is 248 g/mol. The lowest BCUT2D eigenvalue weighted by molar-refractivity contribution is -0.384. The van der Waals surface area contributed by atoms with Gasteiger partial charge in [-0.3, -0.25) is 10.1 Å². The molecule has 2 rings (SSSR count). The lowest BCUT2D eigenvalue weighted by Gasteiger charge is -2.18. The van der Waals surface area contributed by atoms with Gasteiger partial charge in [0.1, 0.15) is 5.69 Å². The van der Waals surface area contributed by atoms with Crippen LogP contribution in [0.25, 0.3) is 0 Å². The van der Waals surface area contributed by atoms with Crippen molar-refractivity contribution in [3.8, 4) is 0 Å². The van der Waals surface area contributed by atoms with Gasteiger partial charge in [-0.05, 0) is 43.2 Å². The maximum atomic E-state index is 11.1. The molecule has 1 heterocycles. The Bertz CT molecular complexity index is 476. The first-order valence-electron chi connectivity index (χ1n) is 6.13. The molecule has 0 aliphatic carbocycles. The molecule has 2 unspecified atom stereocenters. The summed E-state index contributed by atoms with van der Waals surface area (Å²) in [6.45, 7) is 6.05. The number of nitrogens with one attached hydrogen (secondary N) is 1. The van der Waals surface area contributed by atoms with Gasteiger partial charge in [0.25, 0.3) is 5.69 Å². The number of hydrogen-bond donors (Lipinski definition) is 1. The average molecular weight is 266 g/mol. The van der Waals surface area contributed by atoms with Crippen molar-refractivity contribution >= 4 is 23.1 Å². The number of thioether (sulfide) groups is 1. The molecule has 4 nitrogen and oxygen atoms in total. The lowest BCUT2D eigenvalue weighted by atomic mass is 10.1. The molecule has 0 bridgehead atoms. The predicted octanol–water partition coefficient (Wildman–Crippen LogP) is 3.52. The fourth-order valence-electron chi connectivity index (χ4n) is 2.19. The third-order valence-electron chi connectivity index (χ3n) is 3.53. The van der Waals surface area contributed by atoms with Gasteiger partial charge in [-0.15, -0.1) is 0 Å². The molecule has 1 aliphatic rings. The SMILES string of the molecule is Cc1cc(NC2CCSC2C)c([N+](=O)[O-])cc1C. The van der Waals surface area contributed by atoms with Crippen LogP contribution in [0.4, 0.5) is 11.4 Å². The first-order chi connectivity index (χ1) is 8.49. The van der Waals surface area contributed by atoms with Crippen molar-refractivity contribution in [1.82, 2.24) is 0 Å². The summed E-state index contributed by atoms with van der Waals surface area (Å²) < 4.78 is 0. The molecule has 18 heavy (non-hydrogen) atoms. The first-order valence-corrected chi connectivity index (χ1v) is 7.17. The summed E-state index contributed by atoms with van der Waals surface area (Å²) in [5, 5.41) is 15.0. The molecule has 0 aromatic heterocycles. The molecule has 1 aromatic carbocycles. The molecule has 2 atom stereocenters. The number of aryl methyl sites for hydroxylation is 2. The van der Waals surface area contributed by atoms with Crippen LogP contribution in [0.1, 0.15) is 24.5 Å². The van der Waals surface area contributed by atoms with Gasteiger partial charge in [0.15, 0.2) is 0 Å². The van der Waals surface area contributed by atoms with E-state index < -0.39 is 0 Å². The van der Waals surface area contributed by atoms with Crippen molar-refractivity contribution in [2.45, 2.75) is 38.5 Å². The van der Waals surface area contributed by atoms with Gasteiger partial charge in [-0.25, -0.2) is 0 Å². The molecule has 0 spiro atoms. The molecule has 1 saturated heterocycles. The van der Waals surface area contributed by atoms with Gasteiger partial charge in [0.05, 0.1) is 4.92 Å². The van der Waals surface area contributed by atoms with Crippen LogP contribution < -0.4 is 5.32 Å². The summed E-state index contributed by atoms with van der Waals surface area (Å²) >= 11 is 1.91. The number of rotatable bonds is 3. The van der Waals surface area contributed by atoms with Gasteiger partial charge in [-0.1, -0.05) is 6.92 Å². The Morgan fingerprint density at radius 1 is 1.39 bits per heavy atom. The van der Waals surface area contributed by atoms with Gasteiger partial charge in [0.2, 0.25) is 0 Å². The molecule has 1 aromatic rings. The highest BCUT2D eigenvalue weighted by atomic mass is 32.2.